The Balaban J connectivity index is 2.02. The summed E-state index contributed by atoms with van der Waals surface area (Å²) in [4.78, 5) is 0. The summed E-state index contributed by atoms with van der Waals surface area (Å²) in [5.41, 5.74) is 6.23. The number of rotatable bonds is 2. The quantitative estimate of drug-likeness (QED) is 0.489. The standard InChI is InChI=1S/C23H22N2/c1-17-14-15-18-9-4-5-10-19(18)23(17)22-13-8-12-21(25(22)3)20-11-6-7-16-24(20)2/h4-16H,1-3H3/q+2. The molecule has 0 atom stereocenters. The van der Waals surface area contributed by atoms with Gasteiger partial charge < -0.3 is 0 Å². The van der Waals surface area contributed by atoms with Gasteiger partial charge in [-0.25, -0.2) is 0 Å². The second kappa shape index (κ2) is 6.14. The first-order valence-corrected chi connectivity index (χ1v) is 8.59. The van der Waals surface area contributed by atoms with Gasteiger partial charge >= 0.3 is 0 Å². The number of aromatic nitrogens is 2. The minimum Gasteiger partial charge on any atom is -0.196 e. The van der Waals surface area contributed by atoms with E-state index in [0.717, 1.165) is 0 Å². The van der Waals surface area contributed by atoms with Crippen LogP contribution in [0, 0.1) is 6.92 Å². The van der Waals surface area contributed by atoms with E-state index in [0.29, 0.717) is 0 Å². The van der Waals surface area contributed by atoms with Gasteiger partial charge in [0.1, 0.15) is 14.1 Å². The Bertz CT molecular complexity index is 1080. The molecular weight excluding hydrogens is 304 g/mol. The Labute approximate surface area is 148 Å². The largest absolute Gasteiger partial charge is 0.277 e. The SMILES string of the molecule is Cc1ccc2ccccc2c1-c1cccc(-c2cccc[n+]2C)[n+]1C. The molecule has 0 N–H and O–H groups in total. The maximum absolute atomic E-state index is 2.30. The van der Waals surface area contributed by atoms with Crippen molar-refractivity contribution >= 4 is 10.8 Å². The van der Waals surface area contributed by atoms with Gasteiger partial charge in [-0.15, -0.1) is 0 Å². The van der Waals surface area contributed by atoms with Gasteiger partial charge in [-0.05, 0) is 35.4 Å². The maximum atomic E-state index is 2.30. The molecule has 0 saturated carbocycles. The van der Waals surface area contributed by atoms with E-state index in [1.54, 1.807) is 0 Å². The molecule has 2 heteroatoms. The fourth-order valence-corrected chi connectivity index (χ4v) is 3.60. The lowest BCUT2D eigenvalue weighted by molar-refractivity contribution is -0.685. The van der Waals surface area contributed by atoms with Crippen molar-refractivity contribution in [3.8, 4) is 22.6 Å². The summed E-state index contributed by atoms with van der Waals surface area (Å²) < 4.78 is 4.46. The third-order valence-corrected chi connectivity index (χ3v) is 4.94. The highest BCUT2D eigenvalue weighted by Gasteiger charge is 2.23. The van der Waals surface area contributed by atoms with Crippen LogP contribution in [0.3, 0.4) is 0 Å². The first-order valence-electron chi connectivity index (χ1n) is 8.59. The van der Waals surface area contributed by atoms with Crippen LogP contribution in [0.15, 0.2) is 79.0 Å². The van der Waals surface area contributed by atoms with Crippen LogP contribution in [-0.2, 0) is 14.1 Å². The average molecular weight is 326 g/mol. The van der Waals surface area contributed by atoms with Gasteiger partial charge in [0.25, 0.3) is 11.4 Å². The number of aryl methyl sites for hydroxylation is 2. The molecule has 122 valence electrons. The van der Waals surface area contributed by atoms with Crippen LogP contribution < -0.4 is 9.13 Å². The van der Waals surface area contributed by atoms with E-state index < -0.39 is 0 Å². The number of benzene rings is 2. The molecule has 4 aromatic rings. The van der Waals surface area contributed by atoms with Gasteiger partial charge in [0.05, 0.1) is 5.56 Å². The van der Waals surface area contributed by atoms with E-state index in [1.165, 1.54) is 39.0 Å². The normalized spacial score (nSPS) is 11.0. The fourth-order valence-electron chi connectivity index (χ4n) is 3.60. The lowest BCUT2D eigenvalue weighted by atomic mass is 9.96. The van der Waals surface area contributed by atoms with Crippen molar-refractivity contribution in [2.75, 3.05) is 0 Å². The van der Waals surface area contributed by atoms with Crippen LogP contribution in [0.4, 0.5) is 0 Å². The summed E-state index contributed by atoms with van der Waals surface area (Å²) in [7, 11) is 4.24. The first kappa shape index (κ1) is 15.5. The zero-order chi connectivity index (χ0) is 17.4. The molecular formula is C23H22N2+2. The first-order chi connectivity index (χ1) is 12.2. The Hall–Kier alpha value is -3.00. The average Bonchev–Trinajstić information content (AvgIpc) is 2.63. The molecule has 4 rings (SSSR count). The predicted molar refractivity (Wildman–Crippen MR) is 102 cm³/mol. The summed E-state index contributed by atoms with van der Waals surface area (Å²) >= 11 is 0. The van der Waals surface area contributed by atoms with Gasteiger partial charge in [0.2, 0.25) is 5.69 Å². The molecule has 0 aliphatic rings. The van der Waals surface area contributed by atoms with Crippen LogP contribution in [0.1, 0.15) is 5.56 Å². The summed E-state index contributed by atoms with van der Waals surface area (Å²) in [6, 6.07) is 25.9. The zero-order valence-corrected chi connectivity index (χ0v) is 14.9. The van der Waals surface area contributed by atoms with Crippen molar-refractivity contribution in [1.82, 2.24) is 0 Å². The van der Waals surface area contributed by atoms with E-state index in [9.17, 15) is 0 Å². The predicted octanol–water partition coefficient (Wildman–Crippen LogP) is 4.13. The Kier molecular flexibility index (Phi) is 3.81. The van der Waals surface area contributed by atoms with Gasteiger partial charge in [0, 0.05) is 24.3 Å². The van der Waals surface area contributed by atoms with Gasteiger partial charge in [-0.3, -0.25) is 0 Å². The highest BCUT2D eigenvalue weighted by atomic mass is 15.0. The van der Waals surface area contributed by atoms with Crippen molar-refractivity contribution in [1.29, 1.82) is 0 Å². The molecule has 0 fully saturated rings. The molecule has 0 saturated heterocycles. The third-order valence-electron chi connectivity index (χ3n) is 4.94. The van der Waals surface area contributed by atoms with Crippen LogP contribution >= 0.6 is 0 Å². The third kappa shape index (κ3) is 2.60. The number of fused-ring (bicyclic) bond motifs is 1. The fraction of sp³-hybridized carbons (Fsp3) is 0.130. The topological polar surface area (TPSA) is 7.76 Å². The minimum absolute atomic E-state index is 1.20. The van der Waals surface area contributed by atoms with Crippen molar-refractivity contribution in [3.63, 3.8) is 0 Å². The van der Waals surface area contributed by atoms with E-state index in [-0.39, 0.29) is 0 Å². The van der Waals surface area contributed by atoms with Crippen molar-refractivity contribution in [3.05, 3.63) is 84.6 Å². The Morgan fingerprint density at radius 3 is 2.20 bits per heavy atom. The zero-order valence-electron chi connectivity index (χ0n) is 14.9. The molecule has 25 heavy (non-hydrogen) atoms. The minimum atomic E-state index is 1.20. The van der Waals surface area contributed by atoms with E-state index in [4.69, 9.17) is 0 Å². The summed E-state index contributed by atoms with van der Waals surface area (Å²) in [5, 5.41) is 2.58. The van der Waals surface area contributed by atoms with Crippen molar-refractivity contribution < 1.29 is 9.13 Å². The molecule has 2 nitrogen and oxygen atoms in total. The monoisotopic (exact) mass is 326 g/mol. The lowest BCUT2D eigenvalue weighted by Crippen LogP contribution is -2.39. The maximum Gasteiger partial charge on any atom is 0.277 e. The van der Waals surface area contributed by atoms with Crippen molar-refractivity contribution in [2.45, 2.75) is 6.92 Å². The Morgan fingerprint density at radius 1 is 0.640 bits per heavy atom. The molecule has 2 aromatic heterocycles. The summed E-state index contributed by atoms with van der Waals surface area (Å²) in [5.74, 6) is 0. The van der Waals surface area contributed by atoms with E-state index in [2.05, 4.69) is 109 Å². The van der Waals surface area contributed by atoms with Gasteiger partial charge in [-0.1, -0.05) is 36.4 Å². The van der Waals surface area contributed by atoms with Gasteiger partial charge in [0.15, 0.2) is 6.20 Å². The van der Waals surface area contributed by atoms with Crippen molar-refractivity contribution in [2.24, 2.45) is 14.1 Å². The highest BCUT2D eigenvalue weighted by molar-refractivity contribution is 5.96. The Morgan fingerprint density at radius 2 is 1.36 bits per heavy atom. The van der Waals surface area contributed by atoms with Crippen LogP contribution in [0.2, 0.25) is 0 Å². The van der Waals surface area contributed by atoms with Crippen LogP contribution in [-0.4, -0.2) is 0 Å². The van der Waals surface area contributed by atoms with Crippen LogP contribution in [0.5, 0.6) is 0 Å². The highest BCUT2D eigenvalue weighted by Crippen LogP contribution is 2.30. The smallest absolute Gasteiger partial charge is 0.196 e. The molecule has 0 amide bonds. The second-order valence-electron chi connectivity index (χ2n) is 6.53. The molecule has 2 aromatic carbocycles. The number of hydrogen-bond acceptors (Lipinski definition) is 0. The molecule has 2 heterocycles. The van der Waals surface area contributed by atoms with Crippen LogP contribution in [0.25, 0.3) is 33.4 Å². The van der Waals surface area contributed by atoms with Gasteiger partial charge in [-0.2, -0.15) is 9.13 Å². The summed E-state index contributed by atoms with van der Waals surface area (Å²) in [6.45, 7) is 2.19. The van der Waals surface area contributed by atoms with E-state index >= 15 is 0 Å². The molecule has 0 bridgehead atoms. The second-order valence-corrected chi connectivity index (χ2v) is 6.53. The lowest BCUT2D eigenvalue weighted by Gasteiger charge is -2.10. The van der Waals surface area contributed by atoms with E-state index in [1.807, 2.05) is 0 Å². The molecule has 0 radical (unpaired) electrons. The molecule has 0 spiro atoms. The number of pyridine rings is 2. The number of nitrogens with zero attached hydrogens (tertiary/aromatic N) is 2. The molecule has 0 unspecified atom stereocenters. The molecule has 0 aliphatic carbocycles. The number of hydrogen-bond donors (Lipinski definition) is 0. The summed E-state index contributed by atoms with van der Waals surface area (Å²) in [6.07, 6.45) is 2.09. The molecule has 0 aliphatic heterocycles.